The average molecular weight is 912 g/mol. The molecule has 0 bridgehead atoms. The van der Waals surface area contributed by atoms with E-state index in [1.165, 1.54) is 128 Å². The minimum absolute atomic E-state index is 0.0561. The van der Waals surface area contributed by atoms with Crippen molar-refractivity contribution < 1.29 is 0 Å². The van der Waals surface area contributed by atoms with Crippen LogP contribution >= 0.6 is 0 Å². The number of benzene rings is 10. The fourth-order valence-electron chi connectivity index (χ4n) is 13.6. The summed E-state index contributed by atoms with van der Waals surface area (Å²) in [7, 11) is 0. The van der Waals surface area contributed by atoms with E-state index < -0.39 is 0 Å². The molecule has 0 fully saturated rings. The van der Waals surface area contributed by atoms with Gasteiger partial charge >= 0.3 is 0 Å². The Morgan fingerprint density at radius 1 is 0.225 bits per heavy atom. The smallest absolute Gasteiger partial charge is 0.0465 e. The lowest BCUT2D eigenvalue weighted by Gasteiger charge is -2.30. The maximum absolute atomic E-state index is 2.53. The number of nitrogens with zero attached hydrogens (tertiary/aromatic N) is 1. The van der Waals surface area contributed by atoms with Gasteiger partial charge in [0.15, 0.2) is 0 Å². The Balaban J connectivity index is 0.883. The fourth-order valence-corrected chi connectivity index (χ4v) is 13.6. The Bertz CT molecular complexity index is 3930. The molecule has 4 aliphatic rings. The van der Waals surface area contributed by atoms with Gasteiger partial charge in [-0.25, -0.2) is 0 Å². The Kier molecular flexibility index (Phi) is 8.57. The molecule has 0 saturated heterocycles. The maximum atomic E-state index is 2.53. The van der Waals surface area contributed by atoms with Crippen molar-refractivity contribution in [3.8, 4) is 66.8 Å². The van der Waals surface area contributed by atoms with Crippen molar-refractivity contribution in [3.63, 3.8) is 0 Å². The molecule has 0 heterocycles. The number of hydrogen-bond acceptors (Lipinski definition) is 1. The molecule has 0 aliphatic heterocycles. The van der Waals surface area contributed by atoms with Crippen molar-refractivity contribution in [2.45, 2.75) is 77.0 Å². The molecule has 1 nitrogen and oxygen atoms in total. The van der Waals surface area contributed by atoms with E-state index in [2.05, 4.69) is 260 Å². The van der Waals surface area contributed by atoms with Crippen molar-refractivity contribution >= 4 is 27.8 Å². The summed E-state index contributed by atoms with van der Waals surface area (Å²) in [4.78, 5) is 2.50. The van der Waals surface area contributed by atoms with Crippen LogP contribution in [-0.2, 0) is 21.7 Å². The Morgan fingerprint density at radius 2 is 0.563 bits per heavy atom. The molecule has 4 aliphatic carbocycles. The second-order valence-electron chi connectivity index (χ2n) is 23.0. The first-order chi connectivity index (χ1) is 34.2. The molecule has 0 N–H and O–H groups in total. The van der Waals surface area contributed by atoms with Gasteiger partial charge in [0, 0.05) is 38.7 Å². The monoisotopic (exact) mass is 911 g/mol. The third kappa shape index (κ3) is 5.87. The van der Waals surface area contributed by atoms with Gasteiger partial charge in [0.1, 0.15) is 0 Å². The summed E-state index contributed by atoms with van der Waals surface area (Å²) in [6.07, 6.45) is 0. The van der Waals surface area contributed by atoms with Gasteiger partial charge < -0.3 is 4.90 Å². The maximum Gasteiger partial charge on any atom is 0.0465 e. The van der Waals surface area contributed by atoms with Gasteiger partial charge in [-0.1, -0.05) is 189 Å². The molecule has 0 amide bonds. The van der Waals surface area contributed by atoms with Crippen molar-refractivity contribution in [1.82, 2.24) is 0 Å². The molecular weight excluding hydrogens is 855 g/mol. The summed E-state index contributed by atoms with van der Waals surface area (Å²) in [5.74, 6) is 0. The van der Waals surface area contributed by atoms with Gasteiger partial charge in [0.05, 0.1) is 0 Å². The van der Waals surface area contributed by atoms with Gasteiger partial charge in [-0.3, -0.25) is 0 Å². The van der Waals surface area contributed by atoms with Gasteiger partial charge in [-0.2, -0.15) is 0 Å². The molecular formula is C70H57N. The highest BCUT2D eigenvalue weighted by Gasteiger charge is 2.43. The summed E-state index contributed by atoms with van der Waals surface area (Å²) in [6.45, 7) is 19.2. The minimum Gasteiger partial charge on any atom is -0.310 e. The number of hydrogen-bond donors (Lipinski definition) is 0. The predicted octanol–water partition coefficient (Wildman–Crippen LogP) is 18.9. The fraction of sp³-hybridized carbons (Fsp3) is 0.171. The molecule has 342 valence electrons. The molecule has 71 heavy (non-hydrogen) atoms. The highest BCUT2D eigenvalue weighted by Crippen LogP contribution is 2.58. The quantitative estimate of drug-likeness (QED) is 0.166. The zero-order chi connectivity index (χ0) is 48.3. The van der Waals surface area contributed by atoms with E-state index in [1.54, 1.807) is 0 Å². The van der Waals surface area contributed by atoms with Crippen molar-refractivity contribution in [3.05, 3.63) is 245 Å². The minimum atomic E-state index is -0.210. The number of fused-ring (bicyclic) bond motifs is 13. The van der Waals surface area contributed by atoms with Gasteiger partial charge in [-0.05, 0) is 189 Å². The first kappa shape index (κ1) is 42.2. The van der Waals surface area contributed by atoms with Crippen molar-refractivity contribution in [2.75, 3.05) is 4.90 Å². The molecule has 0 atom stereocenters. The van der Waals surface area contributed by atoms with Gasteiger partial charge in [0.25, 0.3) is 0 Å². The second kappa shape index (κ2) is 14.4. The topological polar surface area (TPSA) is 3.24 Å². The van der Waals surface area contributed by atoms with Gasteiger partial charge in [0.2, 0.25) is 0 Å². The largest absolute Gasteiger partial charge is 0.310 e. The lowest BCUT2D eigenvalue weighted by molar-refractivity contribution is 0.652. The zero-order valence-corrected chi connectivity index (χ0v) is 42.0. The Morgan fingerprint density at radius 3 is 1.11 bits per heavy atom. The van der Waals surface area contributed by atoms with E-state index >= 15 is 0 Å². The van der Waals surface area contributed by atoms with Crippen molar-refractivity contribution in [1.29, 1.82) is 0 Å². The third-order valence-electron chi connectivity index (χ3n) is 17.7. The van der Waals surface area contributed by atoms with Crippen LogP contribution in [0.2, 0.25) is 0 Å². The van der Waals surface area contributed by atoms with E-state index in [0.717, 1.165) is 11.4 Å². The Hall–Kier alpha value is -7.74. The zero-order valence-electron chi connectivity index (χ0n) is 42.0. The number of rotatable bonds is 5. The molecule has 0 aromatic heterocycles. The third-order valence-corrected chi connectivity index (χ3v) is 17.7. The van der Waals surface area contributed by atoms with Gasteiger partial charge in [-0.15, -0.1) is 0 Å². The highest BCUT2D eigenvalue weighted by molar-refractivity contribution is 5.94. The van der Waals surface area contributed by atoms with Crippen molar-refractivity contribution in [2.24, 2.45) is 0 Å². The van der Waals surface area contributed by atoms with Crippen LogP contribution in [0.4, 0.5) is 17.1 Å². The first-order valence-corrected chi connectivity index (χ1v) is 25.6. The normalized spacial score (nSPS) is 16.1. The van der Waals surface area contributed by atoms with E-state index in [4.69, 9.17) is 0 Å². The summed E-state index contributed by atoms with van der Waals surface area (Å²) >= 11 is 0. The summed E-state index contributed by atoms with van der Waals surface area (Å²) in [6, 6.07) is 76.5. The molecule has 10 aromatic carbocycles. The lowest BCUT2D eigenvalue weighted by atomic mass is 9.79. The average Bonchev–Trinajstić information content (AvgIpc) is 3.95. The van der Waals surface area contributed by atoms with E-state index in [-0.39, 0.29) is 21.7 Å². The van der Waals surface area contributed by atoms with E-state index in [1.807, 2.05) is 0 Å². The summed E-state index contributed by atoms with van der Waals surface area (Å²) in [5, 5.41) is 2.54. The first-order valence-electron chi connectivity index (χ1n) is 25.6. The van der Waals surface area contributed by atoms with E-state index in [9.17, 15) is 0 Å². The summed E-state index contributed by atoms with van der Waals surface area (Å²) < 4.78 is 0. The van der Waals surface area contributed by atoms with Crippen LogP contribution in [0.15, 0.2) is 200 Å². The standard InChI is InChI=1S/C70H57N/c1-67(2)59-19-13-11-17-51(59)53-31-25-46(36-61(53)67)43-23-27-48(28-24-43)71(50-30-34-56-58-41-65-57(40-66(58)70(7,8)64(56)39-50)52-18-12-14-20-60(52)68(65,3)4)49-29-33-55-54-32-26-47(37-62(54)69(5,6)63(55)38-49)45-22-21-42-15-9-10-16-44(42)35-45/h9-41H,1-8H3. The van der Waals surface area contributed by atoms with Crippen LogP contribution in [0.5, 0.6) is 0 Å². The molecule has 0 spiro atoms. The van der Waals surface area contributed by atoms with Crippen LogP contribution in [0, 0.1) is 0 Å². The van der Waals surface area contributed by atoms with Crippen LogP contribution in [-0.4, -0.2) is 0 Å². The van der Waals surface area contributed by atoms with Crippen LogP contribution < -0.4 is 4.90 Å². The molecule has 0 unspecified atom stereocenters. The second-order valence-corrected chi connectivity index (χ2v) is 23.0. The van der Waals surface area contributed by atoms with Crippen LogP contribution in [0.3, 0.4) is 0 Å². The van der Waals surface area contributed by atoms with Crippen LogP contribution in [0.1, 0.15) is 99.9 Å². The number of anilines is 3. The molecule has 1 heteroatoms. The van der Waals surface area contributed by atoms with Crippen LogP contribution in [0.25, 0.3) is 77.5 Å². The predicted molar refractivity (Wildman–Crippen MR) is 300 cm³/mol. The molecule has 10 aromatic rings. The molecule has 14 rings (SSSR count). The summed E-state index contributed by atoms with van der Waals surface area (Å²) in [5.41, 5.74) is 29.9. The highest BCUT2D eigenvalue weighted by atomic mass is 15.1. The SMILES string of the molecule is CC1(C)c2ccccc2-c2ccc(-c3ccc(N(c4ccc5c(c4)C(C)(C)c4cc(-c6ccc7ccccc7c6)ccc4-5)c4ccc5c(c4)C(C)(C)c4cc6c(cc4-5)C(C)(C)c4ccccc4-6)cc3)cc21. The molecule has 0 radical (unpaired) electrons. The lowest BCUT2D eigenvalue weighted by Crippen LogP contribution is -2.18. The van der Waals surface area contributed by atoms with E-state index in [0.29, 0.717) is 0 Å². The Labute approximate surface area is 419 Å². The molecule has 0 saturated carbocycles.